The van der Waals surface area contributed by atoms with E-state index in [9.17, 15) is 14.7 Å². The van der Waals surface area contributed by atoms with Crippen LogP contribution in [0.25, 0.3) is 5.76 Å². The highest BCUT2D eigenvalue weighted by molar-refractivity contribution is 6.52. The summed E-state index contributed by atoms with van der Waals surface area (Å²) in [5.74, 6) is -1.15. The number of hydrogen-bond donors (Lipinski definition) is 1. The Bertz CT molecular complexity index is 798. The molecule has 0 fully saturated rings. The Kier molecular flexibility index (Phi) is 4.11. The van der Waals surface area contributed by atoms with E-state index in [-0.39, 0.29) is 16.9 Å². The lowest BCUT2D eigenvalue weighted by molar-refractivity contribution is -0.112. The van der Waals surface area contributed by atoms with Crippen molar-refractivity contribution in [2.24, 2.45) is 0 Å². The normalized spacial score (nSPS) is 14.1. The van der Waals surface area contributed by atoms with Gasteiger partial charge < -0.3 is 5.11 Å². The second-order valence-electron chi connectivity index (χ2n) is 5.87. The largest absolute Gasteiger partial charge is 0.507 e. The third-order valence-corrected chi connectivity index (χ3v) is 4.21. The predicted octanol–water partition coefficient (Wildman–Crippen LogP) is 4.05. The Labute approximate surface area is 135 Å². The molecule has 0 unspecified atom stereocenters. The summed E-state index contributed by atoms with van der Waals surface area (Å²) < 4.78 is 0. The third kappa shape index (κ3) is 2.95. The predicted molar refractivity (Wildman–Crippen MR) is 89.4 cm³/mol. The first-order chi connectivity index (χ1) is 11.1. The summed E-state index contributed by atoms with van der Waals surface area (Å²) in [6, 6.07) is 14.9. The molecule has 0 aliphatic heterocycles. The summed E-state index contributed by atoms with van der Waals surface area (Å²) in [4.78, 5) is 24.4. The molecule has 3 rings (SSSR count). The topological polar surface area (TPSA) is 54.4 Å². The van der Waals surface area contributed by atoms with Crippen molar-refractivity contribution in [1.82, 2.24) is 0 Å². The van der Waals surface area contributed by atoms with Crippen molar-refractivity contribution in [3.05, 3.63) is 76.4 Å². The first kappa shape index (κ1) is 15.2. The van der Waals surface area contributed by atoms with Gasteiger partial charge in [-0.1, -0.05) is 54.1 Å². The maximum Gasteiger partial charge on any atom is 0.234 e. The van der Waals surface area contributed by atoms with Gasteiger partial charge in [-0.25, -0.2) is 0 Å². The summed E-state index contributed by atoms with van der Waals surface area (Å²) >= 11 is 0. The highest BCUT2D eigenvalue weighted by Gasteiger charge is 2.31. The van der Waals surface area contributed by atoms with Gasteiger partial charge in [-0.2, -0.15) is 0 Å². The number of Topliss-reactive ketones (excluding diaryl/α,β-unsaturated/α-hetero) is 2. The van der Waals surface area contributed by atoms with Crippen LogP contribution in [0.1, 0.15) is 39.9 Å². The van der Waals surface area contributed by atoms with Gasteiger partial charge >= 0.3 is 0 Å². The van der Waals surface area contributed by atoms with Gasteiger partial charge in [0, 0.05) is 16.7 Å². The molecule has 0 radical (unpaired) electrons. The molecule has 1 N–H and O–H groups in total. The number of carbonyl (C=O) groups excluding carboxylic acids is 2. The number of carbonyl (C=O) groups is 2. The highest BCUT2D eigenvalue weighted by atomic mass is 16.3. The highest BCUT2D eigenvalue weighted by Crippen LogP contribution is 2.30. The number of aryl methyl sites for hydroxylation is 2. The van der Waals surface area contributed by atoms with E-state index in [0.717, 1.165) is 6.42 Å². The molecule has 2 aromatic carbocycles. The molecule has 0 spiro atoms. The first-order valence-electron chi connectivity index (χ1n) is 7.74. The molecule has 116 valence electrons. The Morgan fingerprint density at radius 2 is 1.48 bits per heavy atom. The summed E-state index contributed by atoms with van der Waals surface area (Å²) in [5, 5.41) is 10.3. The van der Waals surface area contributed by atoms with Gasteiger partial charge in [0.25, 0.3) is 0 Å². The molecule has 0 heterocycles. The van der Waals surface area contributed by atoms with Crippen molar-refractivity contribution in [2.45, 2.75) is 26.2 Å². The average Bonchev–Trinajstić information content (AvgIpc) is 2.57. The molecule has 23 heavy (non-hydrogen) atoms. The molecule has 3 nitrogen and oxygen atoms in total. The van der Waals surface area contributed by atoms with Gasteiger partial charge in [0.1, 0.15) is 5.76 Å². The van der Waals surface area contributed by atoms with E-state index >= 15 is 0 Å². The standard InChI is InChI=1S/C20H18O3/c1-13-9-11-14(12-10-13)5-4-8-17-18(21)15-6-2-3-7-16(15)19(22)20(17)23/h2-3,6-7,9-12,21H,4-5,8H2,1H3. The summed E-state index contributed by atoms with van der Waals surface area (Å²) in [6.45, 7) is 2.04. The summed E-state index contributed by atoms with van der Waals surface area (Å²) in [5.41, 5.74) is 3.38. The molecule has 1 aliphatic carbocycles. The van der Waals surface area contributed by atoms with Crippen LogP contribution < -0.4 is 0 Å². The van der Waals surface area contributed by atoms with Gasteiger partial charge in [0.05, 0.1) is 0 Å². The number of allylic oxidation sites excluding steroid dienone is 1. The molecule has 0 bridgehead atoms. The summed E-state index contributed by atoms with van der Waals surface area (Å²) in [6.07, 6.45) is 1.92. The molecular formula is C20H18O3. The molecular weight excluding hydrogens is 288 g/mol. The van der Waals surface area contributed by atoms with Crippen LogP contribution >= 0.6 is 0 Å². The Morgan fingerprint density at radius 1 is 0.826 bits per heavy atom. The summed E-state index contributed by atoms with van der Waals surface area (Å²) in [7, 11) is 0. The number of ketones is 2. The zero-order chi connectivity index (χ0) is 16.4. The minimum Gasteiger partial charge on any atom is -0.507 e. The molecule has 3 heteroatoms. The Hall–Kier alpha value is -2.68. The van der Waals surface area contributed by atoms with Gasteiger partial charge in [0.15, 0.2) is 0 Å². The van der Waals surface area contributed by atoms with Crippen molar-refractivity contribution in [3.63, 3.8) is 0 Å². The molecule has 0 aromatic heterocycles. The quantitative estimate of drug-likeness (QED) is 0.867. The number of fused-ring (bicyclic) bond motifs is 1. The molecule has 0 amide bonds. The van der Waals surface area contributed by atoms with Crippen LogP contribution in [-0.2, 0) is 11.2 Å². The lowest BCUT2D eigenvalue weighted by Crippen LogP contribution is -2.24. The van der Waals surface area contributed by atoms with Crippen LogP contribution in [0.15, 0.2) is 54.1 Å². The van der Waals surface area contributed by atoms with Crippen LogP contribution in [0.5, 0.6) is 0 Å². The van der Waals surface area contributed by atoms with Crippen molar-refractivity contribution in [2.75, 3.05) is 0 Å². The Morgan fingerprint density at radius 3 is 2.17 bits per heavy atom. The van der Waals surface area contributed by atoms with E-state index in [1.54, 1.807) is 24.3 Å². The second-order valence-corrected chi connectivity index (χ2v) is 5.87. The van der Waals surface area contributed by atoms with Crippen LogP contribution in [0.4, 0.5) is 0 Å². The van der Waals surface area contributed by atoms with E-state index in [1.165, 1.54) is 11.1 Å². The second kappa shape index (κ2) is 6.21. The van der Waals surface area contributed by atoms with Crippen LogP contribution in [0.2, 0.25) is 0 Å². The number of aliphatic hydroxyl groups is 1. The Balaban J connectivity index is 1.78. The van der Waals surface area contributed by atoms with Gasteiger partial charge in [-0.05, 0) is 31.7 Å². The lowest BCUT2D eigenvalue weighted by atomic mass is 9.86. The fourth-order valence-electron chi connectivity index (χ4n) is 2.87. The van der Waals surface area contributed by atoms with Crippen LogP contribution in [0, 0.1) is 6.92 Å². The SMILES string of the molecule is Cc1ccc(CCCC2=C(O)c3ccccc3C(=O)C2=O)cc1. The van der Waals surface area contributed by atoms with E-state index in [4.69, 9.17) is 0 Å². The molecule has 2 aromatic rings. The van der Waals surface area contributed by atoms with Gasteiger partial charge in [0.2, 0.25) is 11.6 Å². The molecule has 0 atom stereocenters. The zero-order valence-corrected chi connectivity index (χ0v) is 13.0. The van der Waals surface area contributed by atoms with Crippen molar-refractivity contribution in [3.8, 4) is 0 Å². The van der Waals surface area contributed by atoms with E-state index in [1.807, 2.05) is 6.92 Å². The van der Waals surface area contributed by atoms with Crippen molar-refractivity contribution < 1.29 is 14.7 Å². The number of rotatable bonds is 4. The fraction of sp³-hybridized carbons (Fsp3) is 0.200. The van der Waals surface area contributed by atoms with E-state index < -0.39 is 11.6 Å². The van der Waals surface area contributed by atoms with Gasteiger partial charge in [-0.3, -0.25) is 9.59 Å². The van der Waals surface area contributed by atoms with Crippen LogP contribution in [-0.4, -0.2) is 16.7 Å². The van der Waals surface area contributed by atoms with Crippen molar-refractivity contribution >= 4 is 17.3 Å². The maximum atomic E-state index is 12.2. The minimum absolute atomic E-state index is 0.0471. The van der Waals surface area contributed by atoms with Crippen LogP contribution in [0.3, 0.4) is 0 Å². The molecule has 1 aliphatic rings. The zero-order valence-electron chi connectivity index (χ0n) is 13.0. The smallest absolute Gasteiger partial charge is 0.234 e. The van der Waals surface area contributed by atoms with Crippen molar-refractivity contribution in [1.29, 1.82) is 0 Å². The third-order valence-electron chi connectivity index (χ3n) is 4.21. The molecule has 0 saturated carbocycles. The fourth-order valence-corrected chi connectivity index (χ4v) is 2.87. The van der Waals surface area contributed by atoms with E-state index in [0.29, 0.717) is 18.4 Å². The monoisotopic (exact) mass is 306 g/mol. The van der Waals surface area contributed by atoms with Gasteiger partial charge in [-0.15, -0.1) is 0 Å². The average molecular weight is 306 g/mol. The first-order valence-corrected chi connectivity index (χ1v) is 7.74. The number of aliphatic hydroxyl groups excluding tert-OH is 1. The number of hydrogen-bond acceptors (Lipinski definition) is 3. The maximum absolute atomic E-state index is 12.2. The van der Waals surface area contributed by atoms with E-state index in [2.05, 4.69) is 24.3 Å². The lowest BCUT2D eigenvalue weighted by Gasteiger charge is -2.17. The minimum atomic E-state index is -0.579. The number of benzene rings is 2. The molecule has 0 saturated heterocycles.